The van der Waals surface area contributed by atoms with E-state index in [1.165, 1.54) is 23.1 Å². The Bertz CT molecular complexity index is 1150. The minimum atomic E-state index is -1.45. The van der Waals surface area contributed by atoms with Crippen LogP contribution in [0.25, 0.3) is 21.3 Å². The highest BCUT2D eigenvalue weighted by Crippen LogP contribution is 2.35. The number of methoxy groups -OCH3 is 1. The Kier molecular flexibility index (Phi) is 9.39. The summed E-state index contributed by atoms with van der Waals surface area (Å²) in [5.74, 6) is -0.124. The number of ether oxygens (including phenoxy) is 1. The van der Waals surface area contributed by atoms with Crippen LogP contribution in [-0.4, -0.2) is 59.8 Å². The molecule has 3 rings (SSSR count). The zero-order valence-corrected chi connectivity index (χ0v) is 20.8. The number of fused-ring (bicyclic) bond motifs is 1. The molecule has 0 saturated carbocycles. The molecule has 0 bridgehead atoms. The summed E-state index contributed by atoms with van der Waals surface area (Å²) in [6, 6.07) is 13.3. The largest absolute Gasteiger partial charge is 0.383 e. The second-order valence-electron chi connectivity index (χ2n) is 7.06. The summed E-state index contributed by atoms with van der Waals surface area (Å²) in [5.41, 5.74) is 3.26. The van der Waals surface area contributed by atoms with E-state index in [-0.39, 0.29) is 24.1 Å². The van der Waals surface area contributed by atoms with Gasteiger partial charge in [0.15, 0.2) is 0 Å². The number of amides is 2. The van der Waals surface area contributed by atoms with E-state index in [2.05, 4.69) is 15.6 Å². The molecule has 176 valence electrons. The van der Waals surface area contributed by atoms with Crippen molar-refractivity contribution in [2.75, 3.05) is 38.8 Å². The maximum absolute atomic E-state index is 12.6. The summed E-state index contributed by atoms with van der Waals surface area (Å²) in [6.07, 6.45) is 1.85. The van der Waals surface area contributed by atoms with Gasteiger partial charge in [0.25, 0.3) is 5.91 Å². The lowest BCUT2D eigenvalue weighted by molar-refractivity contribution is -0.120. The SMILES string of the molecule is COCCNC(=O)c1cccc(-c2ccc3nc(C(SC)C(=O)NCCS(N)=O)sc3c2)c1. The van der Waals surface area contributed by atoms with Gasteiger partial charge < -0.3 is 15.4 Å². The zero-order valence-electron chi connectivity index (χ0n) is 18.3. The molecule has 11 heteroatoms. The van der Waals surface area contributed by atoms with Crippen LogP contribution in [0.15, 0.2) is 42.5 Å². The average molecular weight is 507 g/mol. The molecule has 0 aliphatic heterocycles. The molecule has 1 aromatic heterocycles. The number of aromatic nitrogens is 1. The van der Waals surface area contributed by atoms with Gasteiger partial charge in [0.1, 0.15) is 10.3 Å². The number of nitrogens with two attached hydrogens (primary N) is 1. The van der Waals surface area contributed by atoms with E-state index in [9.17, 15) is 13.8 Å². The Labute approximate surface area is 203 Å². The van der Waals surface area contributed by atoms with Crippen molar-refractivity contribution in [2.45, 2.75) is 5.25 Å². The molecule has 33 heavy (non-hydrogen) atoms. The van der Waals surface area contributed by atoms with Crippen molar-refractivity contribution >= 4 is 56.1 Å². The van der Waals surface area contributed by atoms with Gasteiger partial charge in [-0.2, -0.15) is 0 Å². The Hall–Kier alpha value is -2.31. The highest BCUT2D eigenvalue weighted by Gasteiger charge is 2.23. The molecular weight excluding hydrogens is 480 g/mol. The normalized spacial score (nSPS) is 12.9. The quantitative estimate of drug-likeness (QED) is 0.343. The molecule has 4 N–H and O–H groups in total. The molecule has 0 saturated heterocycles. The van der Waals surface area contributed by atoms with Crippen LogP contribution in [0.1, 0.15) is 20.6 Å². The molecule has 0 radical (unpaired) electrons. The molecule has 3 aromatic rings. The first-order chi connectivity index (χ1) is 15.9. The Balaban J connectivity index is 1.79. The minimum Gasteiger partial charge on any atom is -0.383 e. The number of carbonyl (C=O) groups is 2. The van der Waals surface area contributed by atoms with Crippen molar-refractivity contribution in [1.29, 1.82) is 0 Å². The number of rotatable bonds is 11. The molecule has 8 nitrogen and oxygen atoms in total. The first-order valence-electron chi connectivity index (χ1n) is 10.1. The monoisotopic (exact) mass is 506 g/mol. The topological polar surface area (TPSA) is 123 Å². The number of hydrogen-bond acceptors (Lipinski definition) is 7. The van der Waals surface area contributed by atoms with Gasteiger partial charge in [0, 0.05) is 25.8 Å². The predicted molar refractivity (Wildman–Crippen MR) is 136 cm³/mol. The van der Waals surface area contributed by atoms with Crippen LogP contribution in [0.3, 0.4) is 0 Å². The standard InChI is InChI=1S/C22H26N4O4S3/c1-30-10-8-24-20(27)16-5-3-4-14(12-16)15-6-7-17-18(13-15)32-22(26-17)19(31-2)21(28)25-9-11-33(23)29/h3-7,12-13,19H,8-11,23H2,1-2H3,(H,24,27)(H,25,28). The number of hydrogen-bond donors (Lipinski definition) is 3. The van der Waals surface area contributed by atoms with E-state index in [4.69, 9.17) is 9.88 Å². The summed E-state index contributed by atoms with van der Waals surface area (Å²) in [6.45, 7) is 1.16. The molecule has 1 heterocycles. The Morgan fingerprint density at radius 1 is 1.18 bits per heavy atom. The zero-order chi connectivity index (χ0) is 23.8. The minimum absolute atomic E-state index is 0.151. The average Bonchev–Trinajstić information content (AvgIpc) is 3.22. The van der Waals surface area contributed by atoms with E-state index in [1.807, 2.05) is 42.7 Å². The molecule has 0 spiro atoms. The summed E-state index contributed by atoms with van der Waals surface area (Å²) < 4.78 is 16.9. The molecule has 2 atom stereocenters. The van der Waals surface area contributed by atoms with Gasteiger partial charge in [0.2, 0.25) is 5.91 Å². The lowest BCUT2D eigenvalue weighted by Crippen LogP contribution is -2.32. The summed E-state index contributed by atoms with van der Waals surface area (Å²) in [7, 11) is 0.143. The van der Waals surface area contributed by atoms with Gasteiger partial charge in [-0.05, 0) is 41.6 Å². The van der Waals surface area contributed by atoms with E-state index in [0.29, 0.717) is 23.7 Å². The first kappa shape index (κ1) is 25.3. The maximum Gasteiger partial charge on any atom is 0.251 e. The van der Waals surface area contributed by atoms with Crippen LogP contribution in [0.4, 0.5) is 0 Å². The van der Waals surface area contributed by atoms with E-state index in [1.54, 1.807) is 13.2 Å². The van der Waals surface area contributed by atoms with Crippen LogP contribution in [0.2, 0.25) is 0 Å². The first-order valence-corrected chi connectivity index (χ1v) is 13.6. The number of benzene rings is 2. The van der Waals surface area contributed by atoms with Gasteiger partial charge >= 0.3 is 0 Å². The lowest BCUT2D eigenvalue weighted by Gasteiger charge is -2.11. The molecule has 0 aliphatic rings. The third-order valence-electron chi connectivity index (χ3n) is 4.76. The van der Waals surface area contributed by atoms with Crippen LogP contribution in [-0.2, 0) is 20.5 Å². The number of thioether (sulfide) groups is 1. The van der Waals surface area contributed by atoms with Crippen molar-refractivity contribution in [3.63, 3.8) is 0 Å². The number of nitrogens with one attached hydrogen (secondary N) is 2. The number of carbonyl (C=O) groups excluding carboxylic acids is 2. The third-order valence-corrected chi connectivity index (χ3v) is 7.50. The van der Waals surface area contributed by atoms with Gasteiger partial charge in [0.05, 0.1) is 33.6 Å². The van der Waals surface area contributed by atoms with E-state index < -0.39 is 16.2 Å². The molecule has 2 amide bonds. The fourth-order valence-corrected chi connectivity index (χ4v) is 5.41. The fourth-order valence-electron chi connectivity index (χ4n) is 3.13. The van der Waals surface area contributed by atoms with Gasteiger partial charge in [-0.25, -0.2) is 9.19 Å². The van der Waals surface area contributed by atoms with Gasteiger partial charge in [-0.1, -0.05) is 18.2 Å². The highest BCUT2D eigenvalue weighted by molar-refractivity contribution is 7.99. The van der Waals surface area contributed by atoms with Crippen LogP contribution >= 0.6 is 23.1 Å². The van der Waals surface area contributed by atoms with Gasteiger partial charge in [-0.3, -0.25) is 14.7 Å². The van der Waals surface area contributed by atoms with Crippen molar-refractivity contribution in [1.82, 2.24) is 15.6 Å². The predicted octanol–water partition coefficient (Wildman–Crippen LogP) is 2.48. The van der Waals surface area contributed by atoms with Gasteiger partial charge in [-0.15, -0.1) is 23.1 Å². The Morgan fingerprint density at radius 3 is 2.70 bits per heavy atom. The fraction of sp³-hybridized carbons (Fsp3) is 0.318. The van der Waals surface area contributed by atoms with Crippen LogP contribution in [0.5, 0.6) is 0 Å². The smallest absolute Gasteiger partial charge is 0.251 e. The molecule has 0 aliphatic carbocycles. The van der Waals surface area contributed by atoms with Crippen molar-refractivity contribution in [3.8, 4) is 11.1 Å². The molecule has 0 fully saturated rings. The van der Waals surface area contributed by atoms with Crippen molar-refractivity contribution < 1.29 is 18.5 Å². The summed E-state index contributed by atoms with van der Waals surface area (Å²) in [5, 5.41) is 11.1. The van der Waals surface area contributed by atoms with Crippen LogP contribution < -0.4 is 15.8 Å². The number of nitrogens with zero attached hydrogens (tertiary/aromatic N) is 1. The summed E-state index contributed by atoms with van der Waals surface area (Å²) >= 11 is 2.85. The molecule has 2 aromatic carbocycles. The highest BCUT2D eigenvalue weighted by atomic mass is 32.2. The lowest BCUT2D eigenvalue weighted by atomic mass is 10.0. The maximum atomic E-state index is 12.6. The van der Waals surface area contributed by atoms with E-state index in [0.717, 1.165) is 21.3 Å². The second kappa shape index (κ2) is 12.2. The molecule has 2 unspecified atom stereocenters. The Morgan fingerprint density at radius 2 is 1.97 bits per heavy atom. The number of thiazole rings is 1. The molecular formula is C22H26N4O4S3. The van der Waals surface area contributed by atoms with E-state index >= 15 is 0 Å². The van der Waals surface area contributed by atoms with Crippen molar-refractivity contribution in [3.05, 3.63) is 53.0 Å². The van der Waals surface area contributed by atoms with Crippen LogP contribution in [0, 0.1) is 0 Å². The van der Waals surface area contributed by atoms with Crippen molar-refractivity contribution in [2.24, 2.45) is 5.14 Å². The summed E-state index contributed by atoms with van der Waals surface area (Å²) in [4.78, 5) is 29.6. The second-order valence-corrected chi connectivity index (χ2v) is 10.2. The third kappa shape index (κ3) is 6.84.